The van der Waals surface area contributed by atoms with Gasteiger partial charge in [-0.25, -0.2) is 4.98 Å². The highest BCUT2D eigenvalue weighted by Crippen LogP contribution is 2.25. The summed E-state index contributed by atoms with van der Waals surface area (Å²) in [5.74, 6) is 1.27. The molecule has 0 radical (unpaired) electrons. The Morgan fingerprint density at radius 3 is 2.76 bits per heavy atom. The number of rotatable bonds is 8. The van der Waals surface area contributed by atoms with Gasteiger partial charge in [0.25, 0.3) is 5.91 Å². The summed E-state index contributed by atoms with van der Waals surface area (Å²) >= 11 is 0. The number of nitrogens with zero attached hydrogens (tertiary/aromatic N) is 2. The number of anilines is 1. The van der Waals surface area contributed by atoms with E-state index in [4.69, 9.17) is 8.83 Å². The fourth-order valence-corrected chi connectivity index (χ4v) is 3.87. The highest BCUT2D eigenvalue weighted by atomic mass is 16.4. The van der Waals surface area contributed by atoms with Crippen LogP contribution in [0.1, 0.15) is 53.3 Å². The second-order valence-corrected chi connectivity index (χ2v) is 8.31. The van der Waals surface area contributed by atoms with Gasteiger partial charge in [0.1, 0.15) is 17.2 Å². The summed E-state index contributed by atoms with van der Waals surface area (Å²) in [5, 5.41) is 5.70. The van der Waals surface area contributed by atoms with E-state index in [9.17, 15) is 14.4 Å². The quantitative estimate of drug-likeness (QED) is 0.523. The number of carbonyl (C=O) groups excluding carboxylic acids is 3. The van der Waals surface area contributed by atoms with Crippen LogP contribution in [0.3, 0.4) is 0 Å². The van der Waals surface area contributed by atoms with Crippen molar-refractivity contribution in [1.82, 2.24) is 15.2 Å². The van der Waals surface area contributed by atoms with Crippen LogP contribution in [-0.2, 0) is 16.1 Å². The lowest BCUT2D eigenvalue weighted by atomic mass is 10.1. The maximum absolute atomic E-state index is 12.5. The topological polar surface area (TPSA) is 118 Å². The third-order valence-electron chi connectivity index (χ3n) is 5.85. The van der Waals surface area contributed by atoms with Gasteiger partial charge in [-0.2, -0.15) is 0 Å². The zero-order valence-corrected chi connectivity index (χ0v) is 19.3. The molecular formula is C25H28N4O5. The minimum Gasteiger partial charge on any atom is -0.469 e. The first-order chi connectivity index (χ1) is 16.4. The second-order valence-electron chi connectivity index (χ2n) is 8.31. The number of likely N-dealkylation sites (tertiary alicyclic amines) is 1. The standard InChI is InChI=1S/C25H28N4O5/c1-16-20(10-13-33-16)24(32)27-19-7-5-6-18(14-19)25-28-21(17(2)34-25)15-26-22(30)9-12-29-11-4-3-8-23(29)31/h5-7,10,13-14H,3-4,8-9,11-12,15H2,1-2H3,(H,26,30)(H,27,32). The zero-order chi connectivity index (χ0) is 24.1. The van der Waals surface area contributed by atoms with Crippen molar-refractivity contribution in [2.24, 2.45) is 0 Å². The number of amides is 3. The predicted molar refractivity (Wildman–Crippen MR) is 125 cm³/mol. The molecule has 3 aromatic rings. The summed E-state index contributed by atoms with van der Waals surface area (Å²) in [4.78, 5) is 42.9. The average Bonchev–Trinajstić information content (AvgIpc) is 3.42. The third-order valence-corrected chi connectivity index (χ3v) is 5.85. The van der Waals surface area contributed by atoms with Crippen LogP contribution in [0.25, 0.3) is 11.5 Å². The molecule has 3 heterocycles. The van der Waals surface area contributed by atoms with Gasteiger partial charge < -0.3 is 24.4 Å². The van der Waals surface area contributed by atoms with E-state index in [1.54, 1.807) is 43.0 Å². The van der Waals surface area contributed by atoms with E-state index in [-0.39, 0.29) is 30.7 Å². The lowest BCUT2D eigenvalue weighted by molar-refractivity contribution is -0.133. The molecule has 9 heteroatoms. The molecule has 1 fully saturated rings. The molecule has 3 amide bonds. The van der Waals surface area contributed by atoms with Crippen LogP contribution in [0.5, 0.6) is 0 Å². The molecule has 2 aromatic heterocycles. The zero-order valence-electron chi connectivity index (χ0n) is 19.3. The summed E-state index contributed by atoms with van der Waals surface area (Å²) in [6, 6.07) is 8.81. The van der Waals surface area contributed by atoms with Crippen molar-refractivity contribution in [2.45, 2.75) is 46.1 Å². The van der Waals surface area contributed by atoms with Crippen molar-refractivity contribution >= 4 is 23.4 Å². The summed E-state index contributed by atoms with van der Waals surface area (Å²) in [6.07, 6.45) is 4.21. The largest absolute Gasteiger partial charge is 0.469 e. The number of aryl methyl sites for hydroxylation is 2. The van der Waals surface area contributed by atoms with Crippen molar-refractivity contribution in [2.75, 3.05) is 18.4 Å². The van der Waals surface area contributed by atoms with E-state index in [0.29, 0.717) is 52.9 Å². The molecule has 0 spiro atoms. The maximum atomic E-state index is 12.5. The van der Waals surface area contributed by atoms with Gasteiger partial charge in [0, 0.05) is 37.2 Å². The summed E-state index contributed by atoms with van der Waals surface area (Å²) in [6.45, 7) is 4.91. The van der Waals surface area contributed by atoms with Crippen LogP contribution in [-0.4, -0.2) is 40.7 Å². The summed E-state index contributed by atoms with van der Waals surface area (Å²) in [7, 11) is 0. The minimum atomic E-state index is -0.262. The molecule has 2 N–H and O–H groups in total. The molecule has 9 nitrogen and oxygen atoms in total. The second kappa shape index (κ2) is 10.4. The number of benzene rings is 1. The number of nitrogens with one attached hydrogen (secondary N) is 2. The maximum Gasteiger partial charge on any atom is 0.259 e. The molecule has 4 rings (SSSR count). The molecule has 1 aromatic carbocycles. The van der Waals surface area contributed by atoms with E-state index in [2.05, 4.69) is 15.6 Å². The number of aromatic nitrogens is 1. The van der Waals surface area contributed by atoms with Crippen molar-refractivity contribution in [3.05, 3.63) is 59.4 Å². The van der Waals surface area contributed by atoms with Crippen molar-refractivity contribution < 1.29 is 23.2 Å². The normalized spacial score (nSPS) is 13.7. The fourth-order valence-electron chi connectivity index (χ4n) is 3.87. The van der Waals surface area contributed by atoms with Gasteiger partial charge in [0.15, 0.2) is 0 Å². The van der Waals surface area contributed by atoms with E-state index in [1.165, 1.54) is 6.26 Å². The molecular weight excluding hydrogens is 436 g/mol. The van der Waals surface area contributed by atoms with Crippen molar-refractivity contribution in [3.63, 3.8) is 0 Å². The number of furan rings is 1. The lowest BCUT2D eigenvalue weighted by Crippen LogP contribution is -2.38. The average molecular weight is 465 g/mol. The van der Waals surface area contributed by atoms with Crippen LogP contribution in [0.4, 0.5) is 5.69 Å². The minimum absolute atomic E-state index is 0.120. The van der Waals surface area contributed by atoms with E-state index >= 15 is 0 Å². The van der Waals surface area contributed by atoms with Crippen LogP contribution >= 0.6 is 0 Å². The van der Waals surface area contributed by atoms with E-state index in [1.807, 2.05) is 6.07 Å². The van der Waals surface area contributed by atoms with E-state index in [0.717, 1.165) is 19.4 Å². The molecule has 0 aliphatic carbocycles. The number of hydrogen-bond donors (Lipinski definition) is 2. The van der Waals surface area contributed by atoms with Crippen LogP contribution in [0.15, 0.2) is 45.4 Å². The van der Waals surface area contributed by atoms with Gasteiger partial charge in [-0.05, 0) is 51.0 Å². The Kier molecular flexibility index (Phi) is 7.10. The van der Waals surface area contributed by atoms with Crippen LogP contribution in [0.2, 0.25) is 0 Å². The highest BCUT2D eigenvalue weighted by molar-refractivity contribution is 6.05. The number of oxazole rings is 1. The van der Waals surface area contributed by atoms with Gasteiger partial charge in [-0.1, -0.05) is 6.07 Å². The molecule has 0 bridgehead atoms. The van der Waals surface area contributed by atoms with Crippen LogP contribution < -0.4 is 10.6 Å². The molecule has 1 saturated heterocycles. The number of carbonyl (C=O) groups is 3. The molecule has 34 heavy (non-hydrogen) atoms. The molecule has 0 atom stereocenters. The SMILES string of the molecule is Cc1occc1C(=O)Nc1cccc(-c2nc(CNC(=O)CCN3CCCCC3=O)c(C)o2)c1. The van der Waals surface area contributed by atoms with E-state index < -0.39 is 0 Å². The Labute approximate surface area is 197 Å². The van der Waals surface area contributed by atoms with Crippen LogP contribution in [0, 0.1) is 13.8 Å². The third kappa shape index (κ3) is 5.54. The molecule has 0 saturated carbocycles. The highest BCUT2D eigenvalue weighted by Gasteiger charge is 2.19. The van der Waals surface area contributed by atoms with Gasteiger partial charge in [-0.3, -0.25) is 14.4 Å². The molecule has 0 unspecified atom stereocenters. The first kappa shape index (κ1) is 23.3. The summed E-state index contributed by atoms with van der Waals surface area (Å²) in [5.41, 5.74) is 2.40. The smallest absolute Gasteiger partial charge is 0.259 e. The lowest BCUT2D eigenvalue weighted by Gasteiger charge is -2.26. The Morgan fingerprint density at radius 1 is 1.15 bits per heavy atom. The number of piperidine rings is 1. The predicted octanol–water partition coefficient (Wildman–Crippen LogP) is 3.82. The Morgan fingerprint density at radius 2 is 2.00 bits per heavy atom. The fraction of sp³-hybridized carbons (Fsp3) is 0.360. The number of hydrogen-bond acceptors (Lipinski definition) is 6. The van der Waals surface area contributed by atoms with Gasteiger partial charge >= 0.3 is 0 Å². The van der Waals surface area contributed by atoms with Crippen molar-refractivity contribution in [3.8, 4) is 11.5 Å². The van der Waals surface area contributed by atoms with Gasteiger partial charge in [0.2, 0.25) is 17.7 Å². The molecule has 1 aliphatic heterocycles. The first-order valence-electron chi connectivity index (χ1n) is 11.4. The monoisotopic (exact) mass is 464 g/mol. The molecule has 178 valence electrons. The Hall–Kier alpha value is -3.88. The van der Waals surface area contributed by atoms with Gasteiger partial charge in [-0.15, -0.1) is 0 Å². The molecule has 1 aliphatic rings. The summed E-state index contributed by atoms with van der Waals surface area (Å²) < 4.78 is 11.0. The first-order valence-corrected chi connectivity index (χ1v) is 11.4. The Balaban J connectivity index is 1.34. The van der Waals surface area contributed by atoms with Gasteiger partial charge in [0.05, 0.1) is 18.4 Å². The van der Waals surface area contributed by atoms with Crippen molar-refractivity contribution in [1.29, 1.82) is 0 Å². The Bertz CT molecular complexity index is 1200.